The Bertz CT molecular complexity index is 845. The van der Waals surface area contributed by atoms with Gasteiger partial charge in [-0.1, -0.05) is 54.7 Å². The fraction of sp³-hybridized carbons (Fsp3) is 0.583. The second-order valence-corrected chi connectivity index (χ2v) is 10.8. The molecule has 0 spiro atoms. The molecule has 3 rings (SSSR count). The van der Waals surface area contributed by atoms with E-state index in [1.807, 2.05) is 19.1 Å². The summed E-state index contributed by atoms with van der Waals surface area (Å²) in [6, 6.07) is 7.07. The number of sulfonamides is 1. The number of aliphatic hydroxyl groups excluding tert-OH is 1. The number of allylic oxidation sites excluding steroid dienone is 1. The van der Waals surface area contributed by atoms with Crippen molar-refractivity contribution in [2.45, 2.75) is 70.3 Å². The van der Waals surface area contributed by atoms with E-state index in [0.717, 1.165) is 18.4 Å². The van der Waals surface area contributed by atoms with E-state index in [0.29, 0.717) is 30.3 Å². The first-order valence-corrected chi connectivity index (χ1v) is 12.3. The Labute approximate surface area is 176 Å². The van der Waals surface area contributed by atoms with Gasteiger partial charge in [0.05, 0.1) is 11.0 Å². The molecular formula is C24H35NO3S. The summed E-state index contributed by atoms with van der Waals surface area (Å²) in [4.78, 5) is 0.355. The van der Waals surface area contributed by atoms with Crippen molar-refractivity contribution in [2.24, 2.45) is 11.8 Å². The third-order valence-electron chi connectivity index (χ3n) is 6.44. The minimum atomic E-state index is -3.50. The fourth-order valence-corrected chi connectivity index (χ4v) is 5.99. The van der Waals surface area contributed by atoms with Crippen molar-refractivity contribution >= 4 is 10.0 Å². The van der Waals surface area contributed by atoms with Crippen LogP contribution in [0.5, 0.6) is 0 Å². The molecule has 1 saturated heterocycles. The van der Waals surface area contributed by atoms with Crippen molar-refractivity contribution in [2.75, 3.05) is 13.1 Å². The Balaban J connectivity index is 1.69. The van der Waals surface area contributed by atoms with E-state index >= 15 is 0 Å². The van der Waals surface area contributed by atoms with Crippen molar-refractivity contribution in [3.63, 3.8) is 0 Å². The lowest BCUT2D eigenvalue weighted by atomic mass is 9.84. The molecule has 1 aromatic rings. The van der Waals surface area contributed by atoms with Crippen molar-refractivity contribution in [3.8, 4) is 0 Å². The predicted molar refractivity (Wildman–Crippen MR) is 118 cm³/mol. The van der Waals surface area contributed by atoms with Crippen LogP contribution in [-0.2, 0) is 10.0 Å². The number of hydrogen-bond acceptors (Lipinski definition) is 3. The highest BCUT2D eigenvalue weighted by atomic mass is 32.2. The van der Waals surface area contributed by atoms with Crippen LogP contribution >= 0.6 is 0 Å². The highest BCUT2D eigenvalue weighted by Crippen LogP contribution is 2.32. The van der Waals surface area contributed by atoms with Crippen LogP contribution in [0.25, 0.3) is 0 Å². The van der Waals surface area contributed by atoms with E-state index in [1.54, 1.807) is 16.4 Å². The SMILES string of the molecule is CC(C)=C1CN(S(=O)(=O)c2ccc(C)cc2)CC1/C=C/CC(O)C1CCCCC1. The molecule has 2 fully saturated rings. The van der Waals surface area contributed by atoms with Crippen LogP contribution in [-0.4, -0.2) is 37.0 Å². The zero-order valence-electron chi connectivity index (χ0n) is 18.0. The van der Waals surface area contributed by atoms with Gasteiger partial charge in [-0.2, -0.15) is 4.31 Å². The second kappa shape index (κ2) is 9.59. The van der Waals surface area contributed by atoms with Crippen molar-refractivity contribution in [3.05, 3.63) is 53.1 Å². The predicted octanol–water partition coefficient (Wildman–Crippen LogP) is 4.84. The smallest absolute Gasteiger partial charge is 0.243 e. The summed E-state index contributed by atoms with van der Waals surface area (Å²) in [6.45, 7) is 6.96. The zero-order chi connectivity index (χ0) is 21.0. The summed E-state index contributed by atoms with van der Waals surface area (Å²) in [5.41, 5.74) is 3.39. The molecule has 1 saturated carbocycles. The first-order chi connectivity index (χ1) is 13.8. The molecule has 1 N–H and O–H groups in total. The van der Waals surface area contributed by atoms with Gasteiger partial charge in [-0.05, 0) is 63.7 Å². The molecule has 2 aliphatic rings. The topological polar surface area (TPSA) is 57.6 Å². The largest absolute Gasteiger partial charge is 0.393 e. The third-order valence-corrected chi connectivity index (χ3v) is 8.26. The average molecular weight is 418 g/mol. The lowest BCUT2D eigenvalue weighted by Gasteiger charge is -2.25. The molecule has 1 aliphatic carbocycles. The standard InChI is InChI=1S/C24H35NO3S/c1-18(2)23-17-25(29(27,28)22-14-12-19(3)13-15-22)16-21(23)10-7-11-24(26)20-8-5-4-6-9-20/h7,10,12-15,20-21,24,26H,4-6,8-9,11,16-17H2,1-3H3/b10-7+. The van der Waals surface area contributed by atoms with E-state index in [2.05, 4.69) is 26.0 Å². The maximum Gasteiger partial charge on any atom is 0.243 e. The minimum Gasteiger partial charge on any atom is -0.393 e. The van der Waals surface area contributed by atoms with E-state index in [4.69, 9.17) is 0 Å². The number of aryl methyl sites for hydroxylation is 1. The number of hydrogen-bond donors (Lipinski definition) is 1. The van der Waals surface area contributed by atoms with Gasteiger partial charge in [0.2, 0.25) is 10.0 Å². The summed E-state index contributed by atoms with van der Waals surface area (Å²) in [7, 11) is -3.50. The fourth-order valence-electron chi connectivity index (χ4n) is 4.54. The van der Waals surface area contributed by atoms with Crippen molar-refractivity contribution in [1.29, 1.82) is 0 Å². The second-order valence-electron chi connectivity index (χ2n) is 8.87. The van der Waals surface area contributed by atoms with Crippen LogP contribution in [0.2, 0.25) is 0 Å². The summed E-state index contributed by atoms with van der Waals surface area (Å²) in [6.07, 6.45) is 10.5. The number of benzene rings is 1. The Morgan fingerprint density at radius 1 is 1.17 bits per heavy atom. The van der Waals surface area contributed by atoms with E-state index in [1.165, 1.54) is 30.4 Å². The molecule has 2 unspecified atom stereocenters. The zero-order valence-corrected chi connectivity index (χ0v) is 18.8. The van der Waals surface area contributed by atoms with Gasteiger partial charge in [0.15, 0.2) is 0 Å². The Hall–Kier alpha value is -1.43. The minimum absolute atomic E-state index is 0.0822. The molecule has 29 heavy (non-hydrogen) atoms. The van der Waals surface area contributed by atoms with Gasteiger partial charge in [0.25, 0.3) is 0 Å². The lowest BCUT2D eigenvalue weighted by molar-refractivity contribution is 0.0873. The molecule has 0 radical (unpaired) electrons. The Morgan fingerprint density at radius 3 is 2.45 bits per heavy atom. The Morgan fingerprint density at radius 2 is 1.83 bits per heavy atom. The van der Waals surface area contributed by atoms with Crippen LogP contribution in [0.3, 0.4) is 0 Å². The van der Waals surface area contributed by atoms with Crippen LogP contribution in [0.15, 0.2) is 52.5 Å². The molecule has 5 heteroatoms. The molecule has 2 atom stereocenters. The van der Waals surface area contributed by atoms with Gasteiger partial charge in [0, 0.05) is 19.0 Å². The number of nitrogens with zero attached hydrogens (tertiary/aromatic N) is 1. The molecule has 1 aliphatic heterocycles. The average Bonchev–Trinajstić information content (AvgIpc) is 3.14. The van der Waals surface area contributed by atoms with E-state index in [9.17, 15) is 13.5 Å². The van der Waals surface area contributed by atoms with Crippen molar-refractivity contribution < 1.29 is 13.5 Å². The van der Waals surface area contributed by atoms with E-state index < -0.39 is 10.0 Å². The summed E-state index contributed by atoms with van der Waals surface area (Å²) < 4.78 is 27.8. The summed E-state index contributed by atoms with van der Waals surface area (Å²) >= 11 is 0. The quantitative estimate of drug-likeness (QED) is 0.674. The maximum atomic E-state index is 13.1. The van der Waals surface area contributed by atoms with E-state index in [-0.39, 0.29) is 12.0 Å². The maximum absolute atomic E-state index is 13.1. The number of rotatable bonds is 6. The number of aliphatic hydroxyl groups is 1. The van der Waals surface area contributed by atoms with Crippen LogP contribution < -0.4 is 0 Å². The van der Waals surface area contributed by atoms with Crippen LogP contribution in [0.4, 0.5) is 0 Å². The molecule has 0 amide bonds. The monoisotopic (exact) mass is 417 g/mol. The van der Waals surface area contributed by atoms with Crippen LogP contribution in [0.1, 0.15) is 57.9 Å². The molecule has 160 valence electrons. The van der Waals surface area contributed by atoms with Gasteiger partial charge in [-0.3, -0.25) is 0 Å². The molecule has 1 aromatic carbocycles. The molecule has 1 heterocycles. The van der Waals surface area contributed by atoms with Gasteiger partial charge < -0.3 is 5.11 Å². The van der Waals surface area contributed by atoms with Crippen molar-refractivity contribution in [1.82, 2.24) is 4.31 Å². The van der Waals surface area contributed by atoms with Gasteiger partial charge >= 0.3 is 0 Å². The molecule has 4 nitrogen and oxygen atoms in total. The van der Waals surface area contributed by atoms with Crippen LogP contribution in [0, 0.1) is 18.8 Å². The first-order valence-electron chi connectivity index (χ1n) is 10.9. The molecular weight excluding hydrogens is 382 g/mol. The van der Waals surface area contributed by atoms with Gasteiger partial charge in [-0.15, -0.1) is 0 Å². The first kappa shape index (κ1) is 22.3. The Kier molecular flexibility index (Phi) is 7.36. The summed E-state index contributed by atoms with van der Waals surface area (Å²) in [5.74, 6) is 0.497. The molecule has 0 bridgehead atoms. The highest BCUT2D eigenvalue weighted by Gasteiger charge is 2.35. The highest BCUT2D eigenvalue weighted by molar-refractivity contribution is 7.89. The molecule has 0 aromatic heterocycles. The lowest BCUT2D eigenvalue weighted by Crippen LogP contribution is -2.28. The van der Waals surface area contributed by atoms with Gasteiger partial charge in [0.1, 0.15) is 0 Å². The normalized spacial score (nSPS) is 23.0. The third kappa shape index (κ3) is 5.39. The van der Waals surface area contributed by atoms with Gasteiger partial charge in [-0.25, -0.2) is 8.42 Å². The summed E-state index contributed by atoms with van der Waals surface area (Å²) in [5, 5.41) is 10.5.